The molecule has 94 valence electrons. The van der Waals surface area contributed by atoms with E-state index in [0.717, 1.165) is 4.90 Å². The Morgan fingerprint density at radius 3 is 2.59 bits per heavy atom. The second-order valence-corrected chi connectivity index (χ2v) is 5.02. The van der Waals surface area contributed by atoms with Crippen molar-refractivity contribution in [2.45, 2.75) is 23.3 Å². The SMILES string of the molecule is CSc1ccc(OC(F)F)cc1C(Br)C(C)=O. The van der Waals surface area contributed by atoms with Crippen molar-refractivity contribution in [1.82, 2.24) is 0 Å². The molecule has 1 aromatic rings. The first-order chi connectivity index (χ1) is 7.95. The van der Waals surface area contributed by atoms with Gasteiger partial charge in [-0.05, 0) is 36.9 Å². The molecule has 0 bridgehead atoms. The first-order valence-electron chi connectivity index (χ1n) is 4.73. The van der Waals surface area contributed by atoms with Gasteiger partial charge in [-0.25, -0.2) is 0 Å². The third kappa shape index (κ3) is 3.96. The summed E-state index contributed by atoms with van der Waals surface area (Å²) in [5, 5.41) is 0. The first kappa shape index (κ1) is 14.4. The molecule has 0 amide bonds. The molecule has 0 N–H and O–H groups in total. The van der Waals surface area contributed by atoms with E-state index in [2.05, 4.69) is 20.7 Å². The summed E-state index contributed by atoms with van der Waals surface area (Å²) in [6, 6.07) is 4.58. The van der Waals surface area contributed by atoms with Crippen LogP contribution in [0.4, 0.5) is 8.78 Å². The maximum absolute atomic E-state index is 12.1. The van der Waals surface area contributed by atoms with Crippen molar-refractivity contribution in [1.29, 1.82) is 0 Å². The van der Waals surface area contributed by atoms with Gasteiger partial charge in [0.25, 0.3) is 0 Å². The summed E-state index contributed by atoms with van der Waals surface area (Å²) in [4.78, 5) is 11.6. The van der Waals surface area contributed by atoms with E-state index in [-0.39, 0.29) is 11.5 Å². The largest absolute Gasteiger partial charge is 0.435 e. The van der Waals surface area contributed by atoms with Crippen molar-refractivity contribution in [3.63, 3.8) is 0 Å². The van der Waals surface area contributed by atoms with Gasteiger partial charge < -0.3 is 4.74 Å². The van der Waals surface area contributed by atoms with Crippen LogP contribution in [0.25, 0.3) is 0 Å². The third-order valence-corrected chi connectivity index (χ3v) is 4.01. The predicted octanol–water partition coefficient (Wildman–Crippen LogP) is 4.03. The summed E-state index contributed by atoms with van der Waals surface area (Å²) in [7, 11) is 0. The molecule has 0 radical (unpaired) electrons. The van der Waals surface area contributed by atoms with Gasteiger partial charge in [-0.3, -0.25) is 4.79 Å². The number of carbonyl (C=O) groups is 1. The number of hydrogen-bond acceptors (Lipinski definition) is 3. The molecule has 6 heteroatoms. The molecule has 1 rings (SSSR count). The molecular formula is C11H11BrF2O2S. The van der Waals surface area contributed by atoms with Crippen molar-refractivity contribution in [3.05, 3.63) is 23.8 Å². The molecule has 0 aliphatic carbocycles. The van der Waals surface area contributed by atoms with Crippen LogP contribution in [0.2, 0.25) is 0 Å². The second-order valence-electron chi connectivity index (χ2n) is 3.26. The van der Waals surface area contributed by atoms with Crippen LogP contribution < -0.4 is 4.74 Å². The van der Waals surface area contributed by atoms with Crippen LogP contribution in [0.15, 0.2) is 23.1 Å². The smallest absolute Gasteiger partial charge is 0.387 e. The zero-order chi connectivity index (χ0) is 13.0. The van der Waals surface area contributed by atoms with Crippen molar-refractivity contribution < 1.29 is 18.3 Å². The van der Waals surface area contributed by atoms with Crippen molar-refractivity contribution in [3.8, 4) is 5.75 Å². The van der Waals surface area contributed by atoms with E-state index < -0.39 is 11.4 Å². The Balaban J connectivity index is 3.10. The van der Waals surface area contributed by atoms with E-state index in [4.69, 9.17) is 0 Å². The maximum Gasteiger partial charge on any atom is 0.387 e. The first-order valence-corrected chi connectivity index (χ1v) is 6.87. The molecule has 1 unspecified atom stereocenters. The Hall–Kier alpha value is -0.620. The monoisotopic (exact) mass is 324 g/mol. The minimum absolute atomic E-state index is 0.0542. The molecule has 1 aromatic carbocycles. The Labute approximate surface area is 111 Å². The van der Waals surface area contributed by atoms with Crippen LogP contribution in [0, 0.1) is 0 Å². The number of Topliss-reactive ketones (excluding diaryl/α,β-unsaturated/α-hetero) is 1. The zero-order valence-electron chi connectivity index (χ0n) is 9.25. The topological polar surface area (TPSA) is 26.3 Å². The lowest BCUT2D eigenvalue weighted by Crippen LogP contribution is -2.05. The fraction of sp³-hybridized carbons (Fsp3) is 0.364. The van der Waals surface area contributed by atoms with Gasteiger partial charge in [-0.1, -0.05) is 15.9 Å². The van der Waals surface area contributed by atoms with Crippen LogP contribution in [0.1, 0.15) is 17.3 Å². The Bertz CT molecular complexity index is 412. The molecule has 0 heterocycles. The number of ketones is 1. The number of halogens is 3. The average molecular weight is 325 g/mol. The van der Waals surface area contributed by atoms with Crippen LogP contribution in [0.3, 0.4) is 0 Å². The van der Waals surface area contributed by atoms with Gasteiger partial charge in [0, 0.05) is 4.90 Å². The van der Waals surface area contributed by atoms with E-state index >= 15 is 0 Å². The minimum atomic E-state index is -2.87. The van der Waals surface area contributed by atoms with Crippen LogP contribution in [-0.4, -0.2) is 18.7 Å². The number of benzene rings is 1. The van der Waals surface area contributed by atoms with Gasteiger partial charge in [-0.15, -0.1) is 11.8 Å². The molecule has 1 atom stereocenters. The van der Waals surface area contributed by atoms with Gasteiger partial charge in [0.15, 0.2) is 0 Å². The number of thioether (sulfide) groups is 1. The summed E-state index contributed by atoms with van der Waals surface area (Å²) in [5.74, 6) is -0.0343. The van der Waals surface area contributed by atoms with Gasteiger partial charge in [-0.2, -0.15) is 8.78 Å². The fourth-order valence-corrected chi connectivity index (χ4v) is 2.45. The van der Waals surface area contributed by atoms with Crippen LogP contribution in [-0.2, 0) is 4.79 Å². The van der Waals surface area contributed by atoms with E-state index in [1.165, 1.54) is 30.8 Å². The molecule has 0 aromatic heterocycles. The van der Waals surface area contributed by atoms with E-state index in [9.17, 15) is 13.6 Å². The van der Waals surface area contributed by atoms with Crippen molar-refractivity contribution in [2.24, 2.45) is 0 Å². The highest BCUT2D eigenvalue weighted by atomic mass is 79.9. The average Bonchev–Trinajstić information content (AvgIpc) is 2.27. The number of ether oxygens (including phenoxy) is 1. The van der Waals surface area contributed by atoms with E-state index in [1.54, 1.807) is 6.07 Å². The second kappa shape index (κ2) is 6.35. The quantitative estimate of drug-likeness (QED) is 0.604. The molecular weight excluding hydrogens is 314 g/mol. The predicted molar refractivity (Wildman–Crippen MR) is 67.2 cm³/mol. The van der Waals surface area contributed by atoms with Gasteiger partial charge in [0.05, 0.1) is 4.83 Å². The van der Waals surface area contributed by atoms with Gasteiger partial charge in [0.1, 0.15) is 11.5 Å². The van der Waals surface area contributed by atoms with E-state index in [1.807, 2.05) is 6.26 Å². The van der Waals surface area contributed by atoms with Crippen molar-refractivity contribution >= 4 is 33.5 Å². The Morgan fingerprint density at radius 1 is 1.47 bits per heavy atom. The lowest BCUT2D eigenvalue weighted by atomic mass is 10.1. The lowest BCUT2D eigenvalue weighted by molar-refractivity contribution is -0.116. The fourth-order valence-electron chi connectivity index (χ4n) is 1.31. The highest BCUT2D eigenvalue weighted by Gasteiger charge is 2.18. The molecule has 0 spiro atoms. The molecule has 0 aliphatic heterocycles. The summed E-state index contributed by atoms with van der Waals surface area (Å²) in [5.41, 5.74) is 0.642. The maximum atomic E-state index is 12.1. The van der Waals surface area contributed by atoms with Gasteiger partial charge in [0.2, 0.25) is 0 Å². The molecule has 2 nitrogen and oxygen atoms in total. The van der Waals surface area contributed by atoms with E-state index in [0.29, 0.717) is 5.56 Å². The molecule has 17 heavy (non-hydrogen) atoms. The summed E-state index contributed by atoms with van der Waals surface area (Å²) >= 11 is 4.68. The normalized spacial score (nSPS) is 12.6. The van der Waals surface area contributed by atoms with Crippen molar-refractivity contribution in [2.75, 3.05) is 6.26 Å². The standard InChI is InChI=1S/C11H11BrF2O2S/c1-6(15)10(12)8-5-7(16-11(13)14)3-4-9(8)17-2/h3-5,10-11H,1-2H3. The summed E-state index contributed by atoms with van der Waals surface area (Å²) in [6.45, 7) is -1.43. The minimum Gasteiger partial charge on any atom is -0.435 e. The summed E-state index contributed by atoms with van der Waals surface area (Å²) in [6.07, 6.45) is 1.85. The van der Waals surface area contributed by atoms with Crippen LogP contribution in [0.5, 0.6) is 5.75 Å². The Kier molecular flexibility index (Phi) is 5.39. The lowest BCUT2D eigenvalue weighted by Gasteiger charge is -2.13. The molecule has 0 aliphatic rings. The summed E-state index contributed by atoms with van der Waals surface area (Å²) < 4.78 is 28.5. The molecule has 0 fully saturated rings. The molecule has 0 saturated carbocycles. The van der Waals surface area contributed by atoms with Crippen LogP contribution >= 0.6 is 27.7 Å². The molecule has 0 saturated heterocycles. The number of carbonyl (C=O) groups excluding carboxylic acids is 1. The third-order valence-electron chi connectivity index (χ3n) is 2.06. The number of rotatable bonds is 5. The number of alkyl halides is 3. The van der Waals surface area contributed by atoms with Gasteiger partial charge >= 0.3 is 6.61 Å². The Morgan fingerprint density at radius 2 is 2.12 bits per heavy atom. The zero-order valence-corrected chi connectivity index (χ0v) is 11.6. The highest BCUT2D eigenvalue weighted by Crippen LogP contribution is 2.34. The number of hydrogen-bond donors (Lipinski definition) is 0. The highest BCUT2D eigenvalue weighted by molar-refractivity contribution is 9.09.